The van der Waals surface area contributed by atoms with Crippen molar-refractivity contribution in [3.05, 3.63) is 102 Å². The van der Waals surface area contributed by atoms with Crippen LogP contribution < -0.4 is 16.0 Å². The number of carbonyl (C=O) groups is 4. The standard InChI is InChI=1S/C37H37N7O6/c1-42(2)16-10-15-38-34(45)28-18-24(20-43(28)3)39-35(46)29-19-25(21-44(29)4)40-36(47)33-31(37(48)49-5)32(41-50-33)30-26-13-8-6-11-22(26)17-23-12-7-9-14-27(23)30/h6-9,11-14,17-21H,10,15-16H2,1-5H3,(H,38,45)(H,39,46)(H,40,47). The van der Waals surface area contributed by atoms with Gasteiger partial charge >= 0.3 is 5.97 Å². The van der Waals surface area contributed by atoms with E-state index in [1.165, 1.54) is 13.2 Å². The van der Waals surface area contributed by atoms with Gasteiger partial charge in [-0.1, -0.05) is 53.7 Å². The van der Waals surface area contributed by atoms with Gasteiger partial charge in [0, 0.05) is 38.6 Å². The van der Waals surface area contributed by atoms with Crippen LogP contribution in [-0.2, 0) is 18.8 Å². The Kier molecular flexibility index (Phi) is 9.50. The molecule has 0 spiro atoms. The number of hydrogen-bond donors (Lipinski definition) is 3. The Morgan fingerprint density at radius 2 is 1.36 bits per heavy atom. The van der Waals surface area contributed by atoms with Crippen molar-refractivity contribution in [2.24, 2.45) is 14.1 Å². The molecule has 0 saturated heterocycles. The molecule has 0 aliphatic rings. The Labute approximate surface area is 287 Å². The SMILES string of the molecule is COC(=O)c1c(-c2c3ccccc3cc3ccccc23)noc1C(=O)Nc1cc(C(=O)Nc2cc(C(=O)NCCCN(C)C)n(C)c2)n(C)c1. The molecule has 13 nitrogen and oxygen atoms in total. The molecular formula is C37H37N7O6. The lowest BCUT2D eigenvalue weighted by molar-refractivity contribution is 0.0595. The number of benzene rings is 3. The molecule has 0 unspecified atom stereocenters. The molecule has 13 heteroatoms. The molecule has 0 bridgehead atoms. The van der Waals surface area contributed by atoms with E-state index in [2.05, 4.69) is 21.1 Å². The third kappa shape index (κ3) is 6.71. The zero-order chi connectivity index (χ0) is 35.5. The monoisotopic (exact) mass is 675 g/mol. The summed E-state index contributed by atoms with van der Waals surface area (Å²) in [6.45, 7) is 1.38. The van der Waals surface area contributed by atoms with E-state index < -0.39 is 17.8 Å². The molecule has 0 fully saturated rings. The maximum Gasteiger partial charge on any atom is 0.344 e. The smallest absolute Gasteiger partial charge is 0.344 e. The van der Waals surface area contributed by atoms with Gasteiger partial charge in [0.25, 0.3) is 17.7 Å². The summed E-state index contributed by atoms with van der Waals surface area (Å²) in [6.07, 6.45) is 4.01. The third-order valence-electron chi connectivity index (χ3n) is 8.35. The Bertz CT molecular complexity index is 2210. The number of rotatable bonds is 11. The van der Waals surface area contributed by atoms with E-state index in [0.29, 0.717) is 23.5 Å². The summed E-state index contributed by atoms with van der Waals surface area (Å²) in [5.41, 5.74) is 2.02. The number of aryl methyl sites for hydroxylation is 2. The van der Waals surface area contributed by atoms with E-state index in [4.69, 9.17) is 9.26 Å². The highest BCUT2D eigenvalue weighted by Crippen LogP contribution is 2.38. The van der Waals surface area contributed by atoms with E-state index in [1.807, 2.05) is 73.6 Å². The number of esters is 1. The number of fused-ring (bicyclic) bond motifs is 2. The van der Waals surface area contributed by atoms with Crippen molar-refractivity contribution in [3.8, 4) is 11.3 Å². The van der Waals surface area contributed by atoms with Crippen LogP contribution in [0.3, 0.4) is 0 Å². The van der Waals surface area contributed by atoms with E-state index in [9.17, 15) is 19.2 Å². The lowest BCUT2D eigenvalue weighted by atomic mass is 9.93. The molecule has 6 aromatic rings. The first-order chi connectivity index (χ1) is 24.0. The number of hydrogen-bond acceptors (Lipinski definition) is 8. The average Bonchev–Trinajstić information content (AvgIpc) is 3.81. The summed E-state index contributed by atoms with van der Waals surface area (Å²) in [5.74, 6) is -2.59. The Hall–Kier alpha value is -6.21. The van der Waals surface area contributed by atoms with E-state index >= 15 is 0 Å². The Morgan fingerprint density at radius 3 is 1.94 bits per heavy atom. The highest BCUT2D eigenvalue weighted by Gasteiger charge is 2.31. The van der Waals surface area contributed by atoms with Crippen molar-refractivity contribution < 1.29 is 28.4 Å². The summed E-state index contributed by atoms with van der Waals surface area (Å²) < 4.78 is 13.8. The highest BCUT2D eigenvalue weighted by molar-refractivity contribution is 6.18. The normalized spacial score (nSPS) is 11.2. The first kappa shape index (κ1) is 33.7. The van der Waals surface area contributed by atoms with Crippen LogP contribution in [0.25, 0.3) is 32.8 Å². The largest absolute Gasteiger partial charge is 0.465 e. The topological polar surface area (TPSA) is 153 Å². The summed E-state index contributed by atoms with van der Waals surface area (Å²) in [4.78, 5) is 54.9. The molecule has 3 aromatic heterocycles. The van der Waals surface area contributed by atoms with Crippen molar-refractivity contribution in [1.82, 2.24) is 24.5 Å². The maximum atomic E-state index is 13.6. The minimum absolute atomic E-state index is 0.123. The van der Waals surface area contributed by atoms with E-state index in [0.717, 1.165) is 34.5 Å². The van der Waals surface area contributed by atoms with Crippen LogP contribution in [0.5, 0.6) is 0 Å². The fourth-order valence-corrected chi connectivity index (χ4v) is 5.96. The Balaban J connectivity index is 1.23. The summed E-state index contributed by atoms with van der Waals surface area (Å²) in [5, 5.41) is 16.1. The van der Waals surface area contributed by atoms with Gasteiger partial charge in [-0.05, 0) is 66.8 Å². The number of carbonyl (C=O) groups excluding carboxylic acids is 4. The van der Waals surface area contributed by atoms with Crippen molar-refractivity contribution >= 4 is 56.6 Å². The van der Waals surface area contributed by atoms with Gasteiger partial charge in [-0.25, -0.2) is 4.79 Å². The molecule has 0 atom stereocenters. The van der Waals surface area contributed by atoms with Crippen molar-refractivity contribution in [1.29, 1.82) is 0 Å². The molecule has 0 radical (unpaired) electrons. The molecular weight excluding hydrogens is 638 g/mol. The van der Waals surface area contributed by atoms with Gasteiger partial charge in [0.1, 0.15) is 22.6 Å². The third-order valence-corrected chi connectivity index (χ3v) is 8.35. The van der Waals surface area contributed by atoms with Crippen LogP contribution in [-0.4, -0.2) is 77.2 Å². The lowest BCUT2D eigenvalue weighted by Crippen LogP contribution is -2.28. The average molecular weight is 676 g/mol. The summed E-state index contributed by atoms with van der Waals surface area (Å²) in [6, 6.07) is 20.5. The van der Waals surface area contributed by atoms with Gasteiger partial charge in [0.05, 0.1) is 18.5 Å². The number of nitrogens with zero attached hydrogens (tertiary/aromatic N) is 4. The molecule has 3 heterocycles. The van der Waals surface area contributed by atoms with Crippen molar-refractivity contribution in [3.63, 3.8) is 0 Å². The van der Waals surface area contributed by atoms with Crippen LogP contribution >= 0.6 is 0 Å². The molecule has 3 aromatic carbocycles. The second-order valence-corrected chi connectivity index (χ2v) is 12.2. The number of nitrogens with one attached hydrogen (secondary N) is 3. The van der Waals surface area contributed by atoms with Crippen molar-refractivity contribution in [2.45, 2.75) is 6.42 Å². The zero-order valence-corrected chi connectivity index (χ0v) is 28.4. The van der Waals surface area contributed by atoms with Crippen LogP contribution in [0.4, 0.5) is 11.4 Å². The molecule has 0 aliphatic heterocycles. The highest BCUT2D eigenvalue weighted by atomic mass is 16.5. The fraction of sp³-hybridized carbons (Fsp3) is 0.216. The van der Waals surface area contributed by atoms with Crippen molar-refractivity contribution in [2.75, 3.05) is 44.9 Å². The quantitative estimate of drug-likeness (QED) is 0.0951. The second-order valence-electron chi connectivity index (χ2n) is 12.2. The lowest BCUT2D eigenvalue weighted by Gasteiger charge is -2.10. The minimum atomic E-state index is -0.791. The van der Waals surface area contributed by atoms with Gasteiger partial charge in [-0.3, -0.25) is 14.4 Å². The van der Waals surface area contributed by atoms with Gasteiger partial charge < -0.3 is 39.2 Å². The van der Waals surface area contributed by atoms with Gasteiger partial charge in [-0.2, -0.15) is 0 Å². The number of amides is 3. The number of anilines is 2. The molecule has 50 heavy (non-hydrogen) atoms. The number of aromatic nitrogens is 3. The minimum Gasteiger partial charge on any atom is -0.465 e. The molecule has 256 valence electrons. The first-order valence-electron chi connectivity index (χ1n) is 15.9. The van der Waals surface area contributed by atoms with Gasteiger partial charge in [-0.15, -0.1) is 0 Å². The van der Waals surface area contributed by atoms with Gasteiger partial charge in [0.15, 0.2) is 0 Å². The van der Waals surface area contributed by atoms with E-state index in [1.54, 1.807) is 41.7 Å². The zero-order valence-electron chi connectivity index (χ0n) is 28.4. The van der Waals surface area contributed by atoms with Crippen LogP contribution in [0, 0.1) is 0 Å². The number of ether oxygens (including phenoxy) is 1. The van der Waals surface area contributed by atoms with Crippen LogP contribution in [0.1, 0.15) is 48.3 Å². The predicted octanol–water partition coefficient (Wildman–Crippen LogP) is 5.30. The van der Waals surface area contributed by atoms with Gasteiger partial charge in [0.2, 0.25) is 5.76 Å². The fourth-order valence-electron chi connectivity index (χ4n) is 5.96. The van der Waals surface area contributed by atoms with Crippen LogP contribution in [0.2, 0.25) is 0 Å². The predicted molar refractivity (Wildman–Crippen MR) is 191 cm³/mol. The second kappa shape index (κ2) is 14.1. The maximum absolute atomic E-state index is 13.6. The molecule has 6 rings (SSSR count). The molecule has 0 saturated carbocycles. The molecule has 3 N–H and O–H groups in total. The van der Waals surface area contributed by atoms with E-state index in [-0.39, 0.29) is 34.3 Å². The number of methoxy groups -OCH3 is 1. The Morgan fingerprint density at radius 1 is 0.800 bits per heavy atom. The summed E-state index contributed by atoms with van der Waals surface area (Å²) in [7, 11) is 8.54. The molecule has 0 aliphatic carbocycles. The first-order valence-corrected chi connectivity index (χ1v) is 15.9. The van der Waals surface area contributed by atoms with Crippen LogP contribution in [0.15, 0.2) is 83.6 Å². The summed E-state index contributed by atoms with van der Waals surface area (Å²) >= 11 is 0. The molecule has 3 amide bonds.